The van der Waals surface area contributed by atoms with Gasteiger partial charge in [0.15, 0.2) is 6.04 Å². The number of aryl methyl sites for hydroxylation is 1. The van der Waals surface area contributed by atoms with Crippen LogP contribution in [0.2, 0.25) is 0 Å². The number of carboxylic acids is 1. The average Bonchev–Trinajstić information content (AvgIpc) is 2.63. The number of carboxylic acid groups (broad SMARTS) is 1. The average molecular weight is 356 g/mol. The number of pyridine rings is 1. The molecule has 7 nitrogen and oxygen atoms in total. The molecule has 1 fully saturated rings. The van der Waals surface area contributed by atoms with E-state index in [2.05, 4.69) is 0 Å². The number of carbonyl (C=O) groups is 2. The number of nitrogens with zero attached hydrogens (tertiary/aromatic N) is 2. The normalized spacial score (nSPS) is 17.1. The van der Waals surface area contributed by atoms with E-state index in [1.54, 1.807) is 12.3 Å². The van der Waals surface area contributed by atoms with Gasteiger partial charge in [0.05, 0.1) is 19.8 Å². The first-order chi connectivity index (χ1) is 12.5. The second-order valence-corrected chi connectivity index (χ2v) is 6.27. The van der Waals surface area contributed by atoms with Crippen molar-refractivity contribution >= 4 is 11.9 Å². The Morgan fingerprint density at radius 3 is 2.81 bits per heavy atom. The number of amides is 1. The van der Waals surface area contributed by atoms with Gasteiger partial charge in [-0.2, -0.15) is 0 Å². The predicted octanol–water partition coefficient (Wildman–Crippen LogP) is 1.13. The lowest BCUT2D eigenvalue weighted by atomic mass is 10.1. The van der Waals surface area contributed by atoms with Gasteiger partial charge < -0.3 is 19.3 Å². The van der Waals surface area contributed by atoms with Crippen molar-refractivity contribution in [3.63, 3.8) is 0 Å². The van der Waals surface area contributed by atoms with E-state index < -0.39 is 23.5 Å². The zero-order valence-corrected chi connectivity index (χ0v) is 14.4. The molecular formula is C19H20N2O5. The molecule has 1 saturated heterocycles. The topological polar surface area (TPSA) is 88.8 Å². The van der Waals surface area contributed by atoms with Gasteiger partial charge in [0.25, 0.3) is 11.5 Å². The first-order valence-corrected chi connectivity index (χ1v) is 8.34. The molecular weight excluding hydrogens is 336 g/mol. The van der Waals surface area contributed by atoms with Crippen molar-refractivity contribution in [2.24, 2.45) is 0 Å². The summed E-state index contributed by atoms with van der Waals surface area (Å²) in [6.07, 6.45) is 1.62. The Kier molecular flexibility index (Phi) is 5.18. The van der Waals surface area contributed by atoms with Gasteiger partial charge >= 0.3 is 5.97 Å². The maximum Gasteiger partial charge on any atom is 0.328 e. The van der Waals surface area contributed by atoms with Crippen LogP contribution in [0.25, 0.3) is 0 Å². The van der Waals surface area contributed by atoms with Gasteiger partial charge in [0, 0.05) is 12.7 Å². The van der Waals surface area contributed by atoms with Crippen LogP contribution in [0.3, 0.4) is 0 Å². The van der Waals surface area contributed by atoms with Crippen LogP contribution in [-0.4, -0.2) is 52.3 Å². The number of rotatable bonds is 4. The summed E-state index contributed by atoms with van der Waals surface area (Å²) in [4.78, 5) is 38.1. The van der Waals surface area contributed by atoms with Gasteiger partial charge in [-0.05, 0) is 24.6 Å². The third-order valence-corrected chi connectivity index (χ3v) is 4.36. The van der Waals surface area contributed by atoms with Gasteiger partial charge in [0.2, 0.25) is 0 Å². The van der Waals surface area contributed by atoms with Crippen molar-refractivity contribution in [1.82, 2.24) is 9.47 Å². The van der Waals surface area contributed by atoms with Crippen LogP contribution in [0.15, 0.2) is 47.4 Å². The maximum atomic E-state index is 12.8. The lowest BCUT2D eigenvalue weighted by molar-refractivity contribution is -0.147. The second-order valence-electron chi connectivity index (χ2n) is 6.27. The van der Waals surface area contributed by atoms with E-state index in [-0.39, 0.29) is 25.3 Å². The number of aromatic nitrogens is 1. The number of ether oxygens (including phenoxy) is 1. The van der Waals surface area contributed by atoms with E-state index in [0.717, 1.165) is 11.1 Å². The van der Waals surface area contributed by atoms with Crippen molar-refractivity contribution in [3.8, 4) is 0 Å². The molecule has 0 radical (unpaired) electrons. The second kappa shape index (κ2) is 7.53. The van der Waals surface area contributed by atoms with Gasteiger partial charge in [-0.25, -0.2) is 4.79 Å². The Morgan fingerprint density at radius 2 is 2.08 bits per heavy atom. The SMILES string of the molecule is Cc1cccc(Cn2cccc(C(=O)N3CCOCC3C(=O)O)c2=O)c1. The van der Waals surface area contributed by atoms with E-state index in [0.29, 0.717) is 6.54 Å². The summed E-state index contributed by atoms with van der Waals surface area (Å²) < 4.78 is 6.60. The molecule has 1 aromatic heterocycles. The van der Waals surface area contributed by atoms with E-state index in [9.17, 15) is 19.5 Å². The van der Waals surface area contributed by atoms with Crippen LogP contribution in [0.1, 0.15) is 21.5 Å². The summed E-state index contributed by atoms with van der Waals surface area (Å²) in [5.74, 6) is -1.72. The lowest BCUT2D eigenvalue weighted by Gasteiger charge is -2.32. The Hall–Kier alpha value is -2.93. The molecule has 26 heavy (non-hydrogen) atoms. The molecule has 0 spiro atoms. The molecule has 136 valence electrons. The number of hydrogen-bond donors (Lipinski definition) is 1. The standard InChI is InChI=1S/C19H20N2O5/c1-13-4-2-5-14(10-13)11-20-7-3-6-15(17(20)22)18(23)21-8-9-26-12-16(21)19(24)25/h2-7,10,16H,8-9,11-12H2,1H3,(H,24,25). The largest absolute Gasteiger partial charge is 0.480 e. The van der Waals surface area contributed by atoms with Crippen molar-refractivity contribution < 1.29 is 19.4 Å². The highest BCUT2D eigenvalue weighted by Crippen LogP contribution is 2.12. The Balaban J connectivity index is 1.90. The zero-order valence-electron chi connectivity index (χ0n) is 14.4. The quantitative estimate of drug-likeness (QED) is 0.887. The molecule has 1 amide bonds. The lowest BCUT2D eigenvalue weighted by Crippen LogP contribution is -2.53. The zero-order chi connectivity index (χ0) is 18.7. The number of aliphatic carboxylic acids is 1. The first-order valence-electron chi connectivity index (χ1n) is 8.34. The molecule has 1 aliphatic rings. The minimum atomic E-state index is -1.14. The minimum Gasteiger partial charge on any atom is -0.480 e. The fourth-order valence-corrected chi connectivity index (χ4v) is 3.04. The Morgan fingerprint density at radius 1 is 1.27 bits per heavy atom. The minimum absolute atomic E-state index is 0.0340. The van der Waals surface area contributed by atoms with E-state index in [4.69, 9.17) is 4.74 Å². The first kappa shape index (κ1) is 17.9. The molecule has 0 bridgehead atoms. The molecule has 3 rings (SSSR count). The molecule has 0 saturated carbocycles. The number of benzene rings is 1. The van der Waals surface area contributed by atoms with Crippen LogP contribution in [0.5, 0.6) is 0 Å². The highest BCUT2D eigenvalue weighted by atomic mass is 16.5. The van der Waals surface area contributed by atoms with Gasteiger partial charge in [-0.15, -0.1) is 0 Å². The smallest absolute Gasteiger partial charge is 0.328 e. The van der Waals surface area contributed by atoms with E-state index >= 15 is 0 Å². The highest BCUT2D eigenvalue weighted by Gasteiger charge is 2.34. The van der Waals surface area contributed by atoms with Crippen LogP contribution in [0.4, 0.5) is 0 Å². The molecule has 1 unspecified atom stereocenters. The summed E-state index contributed by atoms with van der Waals surface area (Å²) in [5, 5.41) is 9.29. The number of morpholine rings is 1. The van der Waals surface area contributed by atoms with Crippen LogP contribution >= 0.6 is 0 Å². The Labute approximate surface area is 150 Å². The number of hydrogen-bond acceptors (Lipinski definition) is 4. The summed E-state index contributed by atoms with van der Waals surface area (Å²) in [6, 6.07) is 9.75. The van der Waals surface area contributed by atoms with Gasteiger partial charge in [0.1, 0.15) is 5.56 Å². The monoisotopic (exact) mass is 356 g/mol. The summed E-state index contributed by atoms with van der Waals surface area (Å²) in [6.45, 7) is 2.62. The van der Waals surface area contributed by atoms with Crippen LogP contribution in [0, 0.1) is 6.92 Å². The van der Waals surface area contributed by atoms with E-state index in [1.807, 2.05) is 31.2 Å². The molecule has 1 N–H and O–H groups in total. The van der Waals surface area contributed by atoms with Crippen molar-refractivity contribution in [1.29, 1.82) is 0 Å². The summed E-state index contributed by atoms with van der Waals surface area (Å²) >= 11 is 0. The number of carbonyl (C=O) groups excluding carboxylic acids is 1. The molecule has 1 aliphatic heterocycles. The fraction of sp³-hybridized carbons (Fsp3) is 0.316. The summed E-state index contributed by atoms with van der Waals surface area (Å²) in [7, 11) is 0. The van der Waals surface area contributed by atoms with Crippen molar-refractivity contribution in [3.05, 3.63) is 69.6 Å². The van der Waals surface area contributed by atoms with Crippen LogP contribution < -0.4 is 5.56 Å². The third-order valence-electron chi connectivity index (χ3n) is 4.36. The highest BCUT2D eigenvalue weighted by molar-refractivity contribution is 5.96. The van der Waals surface area contributed by atoms with E-state index in [1.165, 1.54) is 15.5 Å². The molecule has 1 aromatic carbocycles. The molecule has 2 aromatic rings. The van der Waals surface area contributed by atoms with Gasteiger partial charge in [-0.1, -0.05) is 29.8 Å². The Bertz CT molecular complexity index is 889. The molecule has 7 heteroatoms. The predicted molar refractivity (Wildman–Crippen MR) is 94.3 cm³/mol. The maximum absolute atomic E-state index is 12.8. The fourth-order valence-electron chi connectivity index (χ4n) is 3.04. The molecule has 1 atom stereocenters. The van der Waals surface area contributed by atoms with Crippen molar-refractivity contribution in [2.45, 2.75) is 19.5 Å². The third kappa shape index (κ3) is 3.67. The summed E-state index contributed by atoms with van der Waals surface area (Å²) in [5.41, 5.74) is 1.56. The van der Waals surface area contributed by atoms with Gasteiger partial charge in [-0.3, -0.25) is 9.59 Å². The van der Waals surface area contributed by atoms with Crippen molar-refractivity contribution in [2.75, 3.05) is 19.8 Å². The van der Waals surface area contributed by atoms with Crippen LogP contribution in [-0.2, 0) is 16.1 Å². The molecule has 2 heterocycles. The molecule has 0 aliphatic carbocycles.